The van der Waals surface area contributed by atoms with Gasteiger partial charge in [-0.3, -0.25) is 9.36 Å². The van der Waals surface area contributed by atoms with Gasteiger partial charge in [0.25, 0.3) is 5.91 Å². The molecule has 0 unspecified atom stereocenters. The highest BCUT2D eigenvalue weighted by Gasteiger charge is 2.31. The van der Waals surface area contributed by atoms with Crippen molar-refractivity contribution in [3.63, 3.8) is 0 Å². The Morgan fingerprint density at radius 3 is 2.77 bits per heavy atom. The highest BCUT2D eigenvalue weighted by atomic mass is 19.3. The molecule has 0 N–H and O–H groups in total. The molecule has 0 fully saturated rings. The summed E-state index contributed by atoms with van der Waals surface area (Å²) in [5.41, 5.74) is 1.80. The quantitative estimate of drug-likeness (QED) is 0.719. The Bertz CT molecular complexity index is 945. The number of fused-ring (bicyclic) bond motifs is 2. The number of aromatic nitrogens is 2. The first kappa shape index (κ1) is 16.5. The minimum Gasteiger partial charge on any atom is -0.480 e. The van der Waals surface area contributed by atoms with Gasteiger partial charge in [-0.1, -0.05) is 30.3 Å². The van der Waals surface area contributed by atoms with Crippen LogP contribution in [-0.2, 0) is 17.8 Å². The van der Waals surface area contributed by atoms with Crippen LogP contribution in [-0.4, -0.2) is 33.5 Å². The van der Waals surface area contributed by atoms with Crippen molar-refractivity contribution in [1.82, 2.24) is 14.5 Å². The second kappa shape index (κ2) is 6.40. The third-order valence-electron chi connectivity index (χ3n) is 4.54. The first-order valence-corrected chi connectivity index (χ1v) is 8.28. The molecule has 4 rings (SSSR count). The second-order valence-corrected chi connectivity index (χ2v) is 6.28. The van der Waals surface area contributed by atoms with E-state index in [9.17, 15) is 13.6 Å². The zero-order valence-corrected chi connectivity index (χ0v) is 14.1. The van der Waals surface area contributed by atoms with E-state index in [1.165, 1.54) is 4.90 Å². The number of nitrogens with zero attached hydrogens (tertiary/aromatic N) is 3. The number of ether oxygens (including phenoxy) is 1. The van der Waals surface area contributed by atoms with Crippen LogP contribution in [0.15, 0.2) is 48.5 Å². The van der Waals surface area contributed by atoms with Crippen LogP contribution in [0.25, 0.3) is 11.0 Å². The van der Waals surface area contributed by atoms with Crippen LogP contribution in [0, 0.1) is 0 Å². The molecule has 7 heteroatoms. The van der Waals surface area contributed by atoms with Gasteiger partial charge >= 0.3 is 6.55 Å². The van der Waals surface area contributed by atoms with Gasteiger partial charge in [0.2, 0.25) is 0 Å². The molecule has 0 saturated heterocycles. The minimum absolute atomic E-state index is 0.0198. The molecule has 0 aliphatic carbocycles. The largest absolute Gasteiger partial charge is 0.480 e. The fourth-order valence-corrected chi connectivity index (χ4v) is 3.28. The van der Waals surface area contributed by atoms with E-state index in [0.717, 1.165) is 10.1 Å². The Labute approximate surface area is 148 Å². The molecule has 2 aromatic carbocycles. The Balaban J connectivity index is 1.55. The standard InChI is InChI=1S/C19H17F2N3O2/c1-23(18(25)16-10-12-6-2-5-9-15(12)26-16)11-17-22-13-7-3-4-8-14(13)24(17)19(20)21/h2-9,16,19H,10-11H2,1H3/t16-/m1/s1. The Morgan fingerprint density at radius 2 is 2.00 bits per heavy atom. The summed E-state index contributed by atoms with van der Waals surface area (Å²) >= 11 is 0. The van der Waals surface area contributed by atoms with Gasteiger partial charge in [0, 0.05) is 13.5 Å². The van der Waals surface area contributed by atoms with Gasteiger partial charge in [-0.05, 0) is 23.8 Å². The monoisotopic (exact) mass is 357 g/mol. The second-order valence-electron chi connectivity index (χ2n) is 6.28. The SMILES string of the molecule is CN(Cc1nc2ccccc2n1C(F)F)C(=O)[C@H]1Cc2ccccc2O1. The smallest absolute Gasteiger partial charge is 0.320 e. The molecule has 0 spiro atoms. The van der Waals surface area contributed by atoms with Crippen LogP contribution >= 0.6 is 0 Å². The lowest BCUT2D eigenvalue weighted by atomic mass is 10.1. The van der Waals surface area contributed by atoms with Gasteiger partial charge in [0.05, 0.1) is 17.6 Å². The maximum atomic E-state index is 13.5. The summed E-state index contributed by atoms with van der Waals surface area (Å²) in [6.45, 7) is -2.75. The van der Waals surface area contributed by atoms with E-state index in [-0.39, 0.29) is 18.3 Å². The molecule has 0 saturated carbocycles. The van der Waals surface area contributed by atoms with Gasteiger partial charge < -0.3 is 9.64 Å². The van der Waals surface area contributed by atoms with Crippen LogP contribution in [0.4, 0.5) is 8.78 Å². The lowest BCUT2D eigenvalue weighted by molar-refractivity contribution is -0.137. The summed E-state index contributed by atoms with van der Waals surface area (Å²) in [5.74, 6) is 0.584. The number of likely N-dealkylation sites (N-methyl/N-ethyl adjacent to an activating group) is 1. The predicted octanol–water partition coefficient (Wildman–Crippen LogP) is 3.39. The average molecular weight is 357 g/mol. The van der Waals surface area contributed by atoms with Crippen molar-refractivity contribution in [2.75, 3.05) is 7.05 Å². The van der Waals surface area contributed by atoms with E-state index in [2.05, 4.69) is 4.98 Å². The molecule has 134 valence electrons. The third-order valence-corrected chi connectivity index (χ3v) is 4.54. The highest BCUT2D eigenvalue weighted by molar-refractivity contribution is 5.82. The zero-order chi connectivity index (χ0) is 18.3. The predicted molar refractivity (Wildman–Crippen MR) is 92.0 cm³/mol. The number of hydrogen-bond donors (Lipinski definition) is 0. The summed E-state index contributed by atoms with van der Waals surface area (Å²) < 4.78 is 33.6. The summed E-state index contributed by atoms with van der Waals surface area (Å²) in [6.07, 6.45) is -0.160. The van der Waals surface area contributed by atoms with E-state index < -0.39 is 12.7 Å². The first-order valence-electron chi connectivity index (χ1n) is 8.28. The van der Waals surface area contributed by atoms with Crippen LogP contribution in [0.1, 0.15) is 17.9 Å². The summed E-state index contributed by atoms with van der Waals surface area (Å²) in [5, 5.41) is 0. The zero-order valence-electron chi connectivity index (χ0n) is 14.1. The van der Waals surface area contributed by atoms with Gasteiger partial charge in [-0.25, -0.2) is 4.98 Å². The van der Waals surface area contributed by atoms with Crippen molar-refractivity contribution >= 4 is 16.9 Å². The molecule has 1 amide bonds. The van der Waals surface area contributed by atoms with E-state index >= 15 is 0 Å². The number of benzene rings is 2. The minimum atomic E-state index is -2.73. The molecule has 1 atom stereocenters. The van der Waals surface area contributed by atoms with Gasteiger partial charge in [0.1, 0.15) is 11.6 Å². The fourth-order valence-electron chi connectivity index (χ4n) is 3.28. The van der Waals surface area contributed by atoms with Crippen molar-refractivity contribution in [3.05, 3.63) is 59.9 Å². The maximum absolute atomic E-state index is 13.5. The molecule has 1 aliphatic rings. The van der Waals surface area contributed by atoms with Crippen LogP contribution in [0.2, 0.25) is 0 Å². The van der Waals surface area contributed by atoms with Crippen molar-refractivity contribution in [1.29, 1.82) is 0 Å². The van der Waals surface area contributed by atoms with Crippen molar-refractivity contribution in [2.45, 2.75) is 25.6 Å². The molecular formula is C19H17F2N3O2. The van der Waals surface area contributed by atoms with E-state index in [0.29, 0.717) is 23.2 Å². The molecule has 3 aromatic rings. The molecule has 26 heavy (non-hydrogen) atoms. The topological polar surface area (TPSA) is 47.4 Å². The molecule has 1 aromatic heterocycles. The molecule has 5 nitrogen and oxygen atoms in total. The molecule has 1 aliphatic heterocycles. The number of imidazole rings is 1. The number of alkyl halides is 2. The van der Waals surface area contributed by atoms with Crippen molar-refractivity contribution in [3.8, 4) is 5.75 Å². The van der Waals surface area contributed by atoms with Crippen molar-refractivity contribution in [2.24, 2.45) is 0 Å². The fraction of sp³-hybridized carbons (Fsp3) is 0.263. The lowest BCUT2D eigenvalue weighted by Crippen LogP contribution is -2.39. The number of hydrogen-bond acceptors (Lipinski definition) is 3. The van der Waals surface area contributed by atoms with Crippen molar-refractivity contribution < 1.29 is 18.3 Å². The number of carbonyl (C=O) groups excluding carboxylic acids is 1. The number of amides is 1. The van der Waals surface area contributed by atoms with Crippen LogP contribution < -0.4 is 4.74 Å². The number of rotatable bonds is 4. The van der Waals surface area contributed by atoms with E-state index in [4.69, 9.17) is 4.74 Å². The highest BCUT2D eigenvalue weighted by Crippen LogP contribution is 2.29. The molecule has 0 radical (unpaired) electrons. The van der Waals surface area contributed by atoms with E-state index in [1.807, 2.05) is 24.3 Å². The summed E-state index contributed by atoms with van der Waals surface area (Å²) in [7, 11) is 1.57. The Hall–Kier alpha value is -2.96. The van der Waals surface area contributed by atoms with E-state index in [1.54, 1.807) is 31.3 Å². The Kier molecular flexibility index (Phi) is 4.06. The average Bonchev–Trinajstić information content (AvgIpc) is 3.21. The number of para-hydroxylation sites is 3. The Morgan fingerprint density at radius 1 is 1.27 bits per heavy atom. The van der Waals surface area contributed by atoms with Gasteiger partial charge in [0.15, 0.2) is 6.10 Å². The number of halogens is 2. The normalized spacial score (nSPS) is 15.9. The maximum Gasteiger partial charge on any atom is 0.320 e. The summed E-state index contributed by atoms with van der Waals surface area (Å²) in [4.78, 5) is 18.3. The van der Waals surface area contributed by atoms with Crippen LogP contribution in [0.5, 0.6) is 5.75 Å². The van der Waals surface area contributed by atoms with Gasteiger partial charge in [-0.15, -0.1) is 0 Å². The number of carbonyl (C=O) groups is 1. The molecule has 2 heterocycles. The first-order chi connectivity index (χ1) is 12.5. The third kappa shape index (κ3) is 2.79. The molecular weight excluding hydrogens is 340 g/mol. The summed E-state index contributed by atoms with van der Waals surface area (Å²) in [6, 6.07) is 14.2. The lowest BCUT2D eigenvalue weighted by Gasteiger charge is -2.21. The van der Waals surface area contributed by atoms with Crippen LogP contribution in [0.3, 0.4) is 0 Å². The molecule has 0 bridgehead atoms. The van der Waals surface area contributed by atoms with Gasteiger partial charge in [-0.2, -0.15) is 8.78 Å².